The van der Waals surface area contributed by atoms with Gasteiger partial charge in [0, 0.05) is 0 Å². The molecule has 3 N–H and O–H groups in total. The SMILES string of the molecule is NC1(c2nc(Cl)ccc2C(=O)O)CCCC1. The summed E-state index contributed by atoms with van der Waals surface area (Å²) in [7, 11) is 0. The summed E-state index contributed by atoms with van der Waals surface area (Å²) in [5.41, 5.74) is 6.16. The molecule has 1 heterocycles. The van der Waals surface area contributed by atoms with E-state index in [0.29, 0.717) is 5.69 Å². The molecule has 0 radical (unpaired) electrons. The Hall–Kier alpha value is -1.13. The van der Waals surface area contributed by atoms with Crippen molar-refractivity contribution < 1.29 is 9.90 Å². The number of pyridine rings is 1. The number of nitrogens with zero attached hydrogens (tertiary/aromatic N) is 1. The zero-order chi connectivity index (χ0) is 11.8. The van der Waals surface area contributed by atoms with Crippen LogP contribution in [0.4, 0.5) is 0 Å². The lowest BCUT2D eigenvalue weighted by Gasteiger charge is -2.24. The number of aromatic nitrogens is 1. The third kappa shape index (κ3) is 1.90. The molecule has 0 spiro atoms. The third-order valence-electron chi connectivity index (χ3n) is 3.06. The van der Waals surface area contributed by atoms with Crippen LogP contribution in [0.3, 0.4) is 0 Å². The Balaban J connectivity index is 2.52. The topological polar surface area (TPSA) is 76.2 Å². The van der Waals surface area contributed by atoms with Crippen molar-refractivity contribution in [2.24, 2.45) is 5.73 Å². The normalized spacial score (nSPS) is 18.6. The van der Waals surface area contributed by atoms with E-state index in [0.717, 1.165) is 25.7 Å². The van der Waals surface area contributed by atoms with Crippen LogP contribution in [0.5, 0.6) is 0 Å². The smallest absolute Gasteiger partial charge is 0.337 e. The monoisotopic (exact) mass is 240 g/mol. The van der Waals surface area contributed by atoms with Crippen LogP contribution in [0.15, 0.2) is 12.1 Å². The first kappa shape index (κ1) is 11.4. The van der Waals surface area contributed by atoms with Gasteiger partial charge in [0.15, 0.2) is 0 Å². The molecule has 0 amide bonds. The van der Waals surface area contributed by atoms with Gasteiger partial charge in [0.05, 0.1) is 16.8 Å². The molecule has 1 aromatic rings. The Labute approximate surface area is 98.4 Å². The van der Waals surface area contributed by atoms with Crippen LogP contribution in [0.2, 0.25) is 5.15 Å². The molecule has 1 aromatic heterocycles. The molecule has 16 heavy (non-hydrogen) atoms. The van der Waals surface area contributed by atoms with Crippen LogP contribution < -0.4 is 5.73 Å². The van der Waals surface area contributed by atoms with E-state index in [1.54, 1.807) is 0 Å². The molecule has 0 saturated heterocycles. The van der Waals surface area contributed by atoms with E-state index in [2.05, 4.69) is 4.98 Å². The van der Waals surface area contributed by atoms with Crippen molar-refractivity contribution in [3.05, 3.63) is 28.5 Å². The fourth-order valence-corrected chi connectivity index (χ4v) is 2.38. The average molecular weight is 241 g/mol. The number of carbonyl (C=O) groups is 1. The number of nitrogens with two attached hydrogens (primary N) is 1. The molecule has 86 valence electrons. The van der Waals surface area contributed by atoms with Crippen LogP contribution in [-0.4, -0.2) is 16.1 Å². The van der Waals surface area contributed by atoms with Crippen molar-refractivity contribution in [2.45, 2.75) is 31.2 Å². The van der Waals surface area contributed by atoms with Gasteiger partial charge in [-0.1, -0.05) is 24.4 Å². The largest absolute Gasteiger partial charge is 0.478 e. The van der Waals surface area contributed by atoms with E-state index in [-0.39, 0.29) is 10.7 Å². The molecule has 5 heteroatoms. The summed E-state index contributed by atoms with van der Waals surface area (Å²) in [6.07, 6.45) is 3.54. The molecule has 2 rings (SSSR count). The third-order valence-corrected chi connectivity index (χ3v) is 3.27. The first-order valence-corrected chi connectivity index (χ1v) is 5.60. The van der Waals surface area contributed by atoms with Gasteiger partial charge in [0.25, 0.3) is 0 Å². The van der Waals surface area contributed by atoms with E-state index >= 15 is 0 Å². The second-order valence-corrected chi connectivity index (χ2v) is 4.59. The Morgan fingerprint density at radius 3 is 2.62 bits per heavy atom. The first-order valence-electron chi connectivity index (χ1n) is 5.22. The number of hydrogen-bond donors (Lipinski definition) is 2. The van der Waals surface area contributed by atoms with Gasteiger partial charge < -0.3 is 10.8 Å². The molecule has 1 saturated carbocycles. The summed E-state index contributed by atoms with van der Waals surface area (Å²) >= 11 is 5.80. The van der Waals surface area contributed by atoms with Gasteiger partial charge in [-0.25, -0.2) is 9.78 Å². The number of carboxylic acids is 1. The summed E-state index contributed by atoms with van der Waals surface area (Å²) in [5, 5.41) is 9.38. The Morgan fingerprint density at radius 2 is 2.06 bits per heavy atom. The van der Waals surface area contributed by atoms with Crippen molar-refractivity contribution in [1.29, 1.82) is 0 Å². The average Bonchev–Trinajstić information content (AvgIpc) is 2.66. The van der Waals surface area contributed by atoms with E-state index in [9.17, 15) is 4.79 Å². The zero-order valence-electron chi connectivity index (χ0n) is 8.74. The van der Waals surface area contributed by atoms with Gasteiger partial charge in [-0.15, -0.1) is 0 Å². The van der Waals surface area contributed by atoms with Crippen LogP contribution in [-0.2, 0) is 5.54 Å². The Morgan fingerprint density at radius 1 is 1.44 bits per heavy atom. The molecule has 0 aromatic carbocycles. The summed E-state index contributed by atoms with van der Waals surface area (Å²) < 4.78 is 0. The second-order valence-electron chi connectivity index (χ2n) is 4.20. The standard InChI is InChI=1S/C11H13ClN2O2/c12-8-4-3-7(10(15)16)9(14-8)11(13)5-1-2-6-11/h3-4H,1-2,5-6,13H2,(H,15,16). The lowest BCUT2D eigenvalue weighted by Crippen LogP contribution is -2.36. The van der Waals surface area contributed by atoms with E-state index < -0.39 is 11.5 Å². The highest BCUT2D eigenvalue weighted by Gasteiger charge is 2.36. The maximum Gasteiger partial charge on any atom is 0.337 e. The second kappa shape index (κ2) is 4.03. The van der Waals surface area contributed by atoms with E-state index in [4.69, 9.17) is 22.4 Å². The minimum atomic E-state index is -1.00. The van der Waals surface area contributed by atoms with Crippen LogP contribution in [0.1, 0.15) is 41.7 Å². The molecule has 1 aliphatic rings. The predicted molar refractivity (Wildman–Crippen MR) is 60.5 cm³/mol. The lowest BCUT2D eigenvalue weighted by atomic mass is 9.90. The van der Waals surface area contributed by atoms with Crippen molar-refractivity contribution in [2.75, 3.05) is 0 Å². The minimum absolute atomic E-state index is 0.161. The van der Waals surface area contributed by atoms with Gasteiger partial charge in [-0.3, -0.25) is 0 Å². The highest BCUT2D eigenvalue weighted by molar-refractivity contribution is 6.29. The maximum absolute atomic E-state index is 11.1. The zero-order valence-corrected chi connectivity index (χ0v) is 9.50. The number of aromatic carboxylic acids is 1. The van der Waals surface area contributed by atoms with Crippen molar-refractivity contribution in [3.63, 3.8) is 0 Å². The van der Waals surface area contributed by atoms with Crippen LogP contribution in [0, 0.1) is 0 Å². The summed E-state index contributed by atoms with van der Waals surface area (Å²) in [6, 6.07) is 2.95. The molecule has 1 fully saturated rings. The molecule has 0 bridgehead atoms. The molecule has 1 aliphatic carbocycles. The summed E-state index contributed by atoms with van der Waals surface area (Å²) in [4.78, 5) is 15.2. The fraction of sp³-hybridized carbons (Fsp3) is 0.455. The van der Waals surface area contributed by atoms with E-state index in [1.165, 1.54) is 12.1 Å². The molecule has 0 aliphatic heterocycles. The number of halogens is 1. The van der Waals surface area contributed by atoms with Gasteiger partial charge >= 0.3 is 5.97 Å². The molecule has 0 atom stereocenters. The van der Waals surface area contributed by atoms with Crippen molar-refractivity contribution >= 4 is 17.6 Å². The lowest BCUT2D eigenvalue weighted by molar-refractivity contribution is 0.0692. The predicted octanol–water partition coefficient (Wildman–Crippen LogP) is 2.16. The van der Waals surface area contributed by atoms with Gasteiger partial charge in [-0.05, 0) is 25.0 Å². The number of rotatable bonds is 2. The van der Waals surface area contributed by atoms with E-state index in [1.807, 2.05) is 0 Å². The quantitative estimate of drug-likeness (QED) is 0.777. The van der Waals surface area contributed by atoms with Crippen molar-refractivity contribution in [3.8, 4) is 0 Å². The maximum atomic E-state index is 11.1. The fourth-order valence-electron chi connectivity index (χ4n) is 2.23. The minimum Gasteiger partial charge on any atom is -0.478 e. The Bertz CT molecular complexity index is 428. The summed E-state index contributed by atoms with van der Waals surface area (Å²) in [5.74, 6) is -1.00. The number of hydrogen-bond acceptors (Lipinski definition) is 3. The summed E-state index contributed by atoms with van der Waals surface area (Å²) in [6.45, 7) is 0. The van der Waals surface area contributed by atoms with Gasteiger partial charge in [0.1, 0.15) is 5.15 Å². The molecule has 4 nitrogen and oxygen atoms in total. The highest BCUT2D eigenvalue weighted by Crippen LogP contribution is 2.37. The first-order chi connectivity index (χ1) is 7.53. The van der Waals surface area contributed by atoms with Crippen LogP contribution in [0.25, 0.3) is 0 Å². The molecular weight excluding hydrogens is 228 g/mol. The molecular formula is C11H13ClN2O2. The van der Waals surface area contributed by atoms with Crippen molar-refractivity contribution in [1.82, 2.24) is 4.98 Å². The highest BCUT2D eigenvalue weighted by atomic mass is 35.5. The Kier molecular flexibility index (Phi) is 2.86. The van der Waals surface area contributed by atoms with Gasteiger partial charge in [0.2, 0.25) is 0 Å². The molecule has 0 unspecified atom stereocenters. The number of carboxylic acid groups (broad SMARTS) is 1. The van der Waals surface area contributed by atoms with Gasteiger partial charge in [-0.2, -0.15) is 0 Å². The van der Waals surface area contributed by atoms with Crippen LogP contribution >= 0.6 is 11.6 Å².